The number of amides is 1. The lowest BCUT2D eigenvalue weighted by Crippen LogP contribution is -2.26. The maximum atomic E-state index is 14.3. The summed E-state index contributed by atoms with van der Waals surface area (Å²) in [5, 5.41) is 4.76. The Morgan fingerprint density at radius 3 is 2.50 bits per heavy atom. The van der Waals surface area contributed by atoms with Crippen molar-refractivity contribution in [2.75, 3.05) is 11.9 Å². The Kier molecular flexibility index (Phi) is 5.21. The molecule has 3 aromatic rings. The Balaban J connectivity index is 1.86. The van der Waals surface area contributed by atoms with Gasteiger partial charge in [0, 0.05) is 18.8 Å². The Morgan fingerprint density at radius 1 is 1.14 bits per heavy atom. The van der Waals surface area contributed by atoms with E-state index in [1.165, 1.54) is 29.2 Å². The molecule has 0 atom stereocenters. The van der Waals surface area contributed by atoms with Crippen molar-refractivity contribution in [3.05, 3.63) is 71.7 Å². The lowest BCUT2D eigenvalue weighted by Gasteiger charge is -2.18. The molecule has 0 fully saturated rings. The number of rotatable bonds is 5. The summed E-state index contributed by atoms with van der Waals surface area (Å²) in [7, 11) is -2.64. The van der Waals surface area contributed by atoms with Gasteiger partial charge in [-0.15, -0.1) is 0 Å². The van der Waals surface area contributed by atoms with Gasteiger partial charge in [0.25, 0.3) is 5.91 Å². The van der Waals surface area contributed by atoms with Gasteiger partial charge in [0.1, 0.15) is 17.3 Å². The number of hydrogen-bond donors (Lipinski definition) is 1. The van der Waals surface area contributed by atoms with Crippen molar-refractivity contribution in [2.45, 2.75) is 6.92 Å². The first kappa shape index (κ1) is 19.6. The second-order valence-electron chi connectivity index (χ2n) is 6.03. The van der Waals surface area contributed by atoms with Crippen molar-refractivity contribution >= 4 is 21.9 Å². The zero-order valence-electron chi connectivity index (χ0n) is 15.0. The van der Waals surface area contributed by atoms with Gasteiger partial charge in [-0.3, -0.25) is 4.79 Å². The topological polar surface area (TPSA) is 103 Å². The summed E-state index contributed by atoms with van der Waals surface area (Å²) >= 11 is 0. The molecule has 0 unspecified atom stereocenters. The first-order chi connectivity index (χ1) is 13.2. The van der Waals surface area contributed by atoms with Crippen molar-refractivity contribution in [3.63, 3.8) is 0 Å². The first-order valence-electron chi connectivity index (χ1n) is 8.11. The second-order valence-corrected chi connectivity index (χ2v) is 7.18. The summed E-state index contributed by atoms with van der Waals surface area (Å²) in [6.07, 6.45) is 0. The minimum atomic E-state index is -4.26. The molecule has 0 spiro atoms. The molecule has 0 saturated heterocycles. The van der Waals surface area contributed by atoms with Crippen molar-refractivity contribution < 1.29 is 26.2 Å². The van der Waals surface area contributed by atoms with Crippen molar-refractivity contribution in [2.24, 2.45) is 5.14 Å². The van der Waals surface area contributed by atoms with Crippen LogP contribution in [-0.2, 0) is 10.3 Å². The number of carbonyl (C=O) groups excluding carboxylic acids is 1. The van der Waals surface area contributed by atoms with Gasteiger partial charge in [-0.25, -0.2) is 4.39 Å². The predicted octanol–water partition coefficient (Wildman–Crippen LogP) is 3.25. The number of anilines is 1. The van der Waals surface area contributed by atoms with Crippen LogP contribution in [0.25, 0.3) is 11.3 Å². The average Bonchev–Trinajstić information content (AvgIpc) is 3.09. The highest BCUT2D eigenvalue weighted by molar-refractivity contribution is 7.84. The van der Waals surface area contributed by atoms with Gasteiger partial charge in [-0.1, -0.05) is 18.2 Å². The number of nitrogens with two attached hydrogens (primary N) is 1. The van der Waals surface area contributed by atoms with Crippen LogP contribution in [0.2, 0.25) is 0 Å². The lowest BCUT2D eigenvalue weighted by molar-refractivity contribution is 0.0967. The third-order valence-corrected chi connectivity index (χ3v) is 4.44. The summed E-state index contributed by atoms with van der Waals surface area (Å²) in [6, 6.07) is 13.6. The molecule has 28 heavy (non-hydrogen) atoms. The van der Waals surface area contributed by atoms with Crippen LogP contribution in [0.3, 0.4) is 0 Å². The fourth-order valence-corrected chi connectivity index (χ4v) is 3.07. The molecule has 0 aliphatic heterocycles. The van der Waals surface area contributed by atoms with E-state index >= 15 is 0 Å². The van der Waals surface area contributed by atoms with E-state index in [1.807, 2.05) is 25.1 Å². The quantitative estimate of drug-likeness (QED) is 0.703. The third-order valence-electron chi connectivity index (χ3n) is 4.02. The second kappa shape index (κ2) is 7.45. The number of hydrogen-bond acceptors (Lipinski definition) is 5. The molecule has 0 bridgehead atoms. The smallest absolute Gasteiger partial charge is 0.380 e. The number of para-hydroxylation sites is 1. The minimum Gasteiger partial charge on any atom is -0.451 e. The van der Waals surface area contributed by atoms with Crippen LogP contribution in [0.15, 0.2) is 59.0 Å². The van der Waals surface area contributed by atoms with Gasteiger partial charge in [0.15, 0.2) is 5.76 Å². The highest BCUT2D eigenvalue weighted by atomic mass is 32.2. The molecular formula is C19H17FN2O5S. The molecule has 7 nitrogen and oxygen atoms in total. The summed E-state index contributed by atoms with van der Waals surface area (Å²) in [4.78, 5) is 14.1. The van der Waals surface area contributed by atoms with E-state index < -0.39 is 22.0 Å². The largest absolute Gasteiger partial charge is 0.451 e. The molecule has 1 aromatic heterocycles. The van der Waals surface area contributed by atoms with Gasteiger partial charge < -0.3 is 13.5 Å². The van der Waals surface area contributed by atoms with Crippen molar-refractivity contribution in [3.8, 4) is 17.1 Å². The SMILES string of the molecule is Cc1ccccc1N(C)C(=O)c1ccc(-c2ccc(OS(N)(=O)=O)cc2F)o1. The van der Waals surface area contributed by atoms with Gasteiger partial charge >= 0.3 is 10.3 Å². The van der Waals surface area contributed by atoms with Crippen LogP contribution >= 0.6 is 0 Å². The minimum absolute atomic E-state index is 0.0324. The van der Waals surface area contributed by atoms with E-state index in [9.17, 15) is 17.6 Å². The van der Waals surface area contributed by atoms with Crippen molar-refractivity contribution in [1.29, 1.82) is 0 Å². The number of carbonyl (C=O) groups is 1. The van der Waals surface area contributed by atoms with E-state index in [4.69, 9.17) is 9.56 Å². The summed E-state index contributed by atoms with van der Waals surface area (Å²) in [5.41, 5.74) is 1.68. The number of furan rings is 1. The number of halogens is 1. The van der Waals surface area contributed by atoms with Gasteiger partial charge in [-0.05, 0) is 42.8 Å². The highest BCUT2D eigenvalue weighted by Gasteiger charge is 2.20. The average molecular weight is 404 g/mol. The Labute approximate surface area is 161 Å². The van der Waals surface area contributed by atoms with E-state index in [1.54, 1.807) is 13.1 Å². The van der Waals surface area contributed by atoms with E-state index in [0.29, 0.717) is 0 Å². The van der Waals surface area contributed by atoms with E-state index in [-0.39, 0.29) is 22.8 Å². The predicted molar refractivity (Wildman–Crippen MR) is 102 cm³/mol. The molecule has 0 radical (unpaired) electrons. The summed E-state index contributed by atoms with van der Waals surface area (Å²) < 4.78 is 46.1. The highest BCUT2D eigenvalue weighted by Crippen LogP contribution is 2.29. The number of aryl methyl sites for hydroxylation is 1. The molecular weight excluding hydrogens is 387 g/mol. The molecule has 0 aliphatic rings. The summed E-state index contributed by atoms with van der Waals surface area (Å²) in [5.74, 6) is -1.31. The zero-order valence-corrected chi connectivity index (χ0v) is 15.9. The normalized spacial score (nSPS) is 11.3. The molecule has 0 saturated carbocycles. The summed E-state index contributed by atoms with van der Waals surface area (Å²) in [6.45, 7) is 1.88. The van der Waals surface area contributed by atoms with Crippen LogP contribution < -0.4 is 14.2 Å². The monoisotopic (exact) mass is 404 g/mol. The van der Waals surface area contributed by atoms with Gasteiger partial charge in [0.05, 0.1) is 5.56 Å². The van der Waals surface area contributed by atoms with Crippen LogP contribution in [0.5, 0.6) is 5.75 Å². The maximum Gasteiger partial charge on any atom is 0.380 e. The Morgan fingerprint density at radius 2 is 1.86 bits per heavy atom. The van der Waals surface area contributed by atoms with Gasteiger partial charge in [-0.2, -0.15) is 13.6 Å². The maximum absolute atomic E-state index is 14.3. The number of nitrogens with zero attached hydrogens (tertiary/aromatic N) is 1. The fraction of sp³-hybridized carbons (Fsp3) is 0.105. The lowest BCUT2D eigenvalue weighted by atomic mass is 10.1. The fourth-order valence-electron chi connectivity index (χ4n) is 2.69. The van der Waals surface area contributed by atoms with Crippen LogP contribution in [0, 0.1) is 12.7 Å². The van der Waals surface area contributed by atoms with Gasteiger partial charge in [0.2, 0.25) is 0 Å². The van der Waals surface area contributed by atoms with Crippen LogP contribution in [-0.4, -0.2) is 21.4 Å². The van der Waals surface area contributed by atoms with Crippen molar-refractivity contribution in [1.82, 2.24) is 0 Å². The Hall–Kier alpha value is -3.17. The molecule has 1 heterocycles. The van der Waals surface area contributed by atoms with E-state index in [2.05, 4.69) is 4.18 Å². The number of benzene rings is 2. The zero-order chi connectivity index (χ0) is 20.5. The molecule has 2 N–H and O–H groups in total. The first-order valence-corrected chi connectivity index (χ1v) is 9.58. The molecule has 146 valence electrons. The molecule has 0 aliphatic carbocycles. The third kappa shape index (κ3) is 4.21. The van der Waals surface area contributed by atoms with E-state index in [0.717, 1.165) is 17.3 Å². The standard InChI is InChI=1S/C19H17FN2O5S/c1-12-5-3-4-6-16(12)22(2)19(23)18-10-9-17(26-18)14-8-7-13(11-15(14)20)27-28(21,24)25/h3-11H,1-2H3,(H2,21,24,25). The molecule has 2 aromatic carbocycles. The molecule has 9 heteroatoms. The molecule has 3 rings (SSSR count). The Bertz CT molecular complexity index is 1140. The van der Waals surface area contributed by atoms with Crippen LogP contribution in [0.1, 0.15) is 16.1 Å². The van der Waals surface area contributed by atoms with Crippen LogP contribution in [0.4, 0.5) is 10.1 Å². The molecule has 1 amide bonds.